The Balaban J connectivity index is 5.27. The molecular weight excluding hydrogens is 363 g/mol. The Bertz CT molecular complexity index is 439. The first kappa shape index (κ1) is 23.4. The molecule has 25 heavy (non-hydrogen) atoms. The van der Waals surface area contributed by atoms with Crippen LogP contribution in [0.2, 0.25) is 0 Å². The summed E-state index contributed by atoms with van der Waals surface area (Å²) in [5, 5.41) is 20.8. The Morgan fingerprint density at radius 2 is 0.840 bits per heavy atom. The first-order valence-electron chi connectivity index (χ1n) is 8.02. The van der Waals surface area contributed by atoms with Gasteiger partial charge >= 0.3 is 159 Å². The van der Waals surface area contributed by atoms with Gasteiger partial charge in [0.1, 0.15) is 0 Å². The zero-order valence-corrected chi connectivity index (χ0v) is 18.2. The van der Waals surface area contributed by atoms with E-state index in [2.05, 4.69) is 61.9 Å². The van der Waals surface area contributed by atoms with Crippen LogP contribution in [0.15, 0.2) is 20.4 Å². The minimum atomic E-state index is -0.181. The molecule has 0 aliphatic rings. The van der Waals surface area contributed by atoms with E-state index in [9.17, 15) is 0 Å². The van der Waals surface area contributed by atoms with Gasteiger partial charge in [-0.3, -0.25) is 0 Å². The molecule has 8 nitrogen and oxygen atoms in total. The summed E-state index contributed by atoms with van der Waals surface area (Å²) < 4.78 is 3.85. The fraction of sp³-hybridized carbons (Fsp3) is 0.750. The third-order valence-electron chi connectivity index (χ3n) is 2.19. The SMILES string of the molecule is CN(C)N=CC=N[N]([Ni][N](N=CC=NN(C)C)C(C)(C)C)C(C)(C)C. The first-order chi connectivity index (χ1) is 11.3. The molecule has 0 bridgehead atoms. The van der Waals surface area contributed by atoms with Crippen molar-refractivity contribution >= 4 is 24.9 Å². The topological polar surface area (TPSA) is 62.4 Å². The molecule has 148 valence electrons. The second kappa shape index (κ2) is 10.4. The number of hydrogen-bond donors (Lipinski definition) is 0. The van der Waals surface area contributed by atoms with E-state index in [1.54, 1.807) is 34.9 Å². The second-order valence-corrected chi connectivity index (χ2v) is 8.66. The second-order valence-electron chi connectivity index (χ2n) is 7.63. The van der Waals surface area contributed by atoms with Gasteiger partial charge in [0.2, 0.25) is 0 Å². The molecule has 0 aliphatic carbocycles. The number of nitrogens with zero attached hydrogens (tertiary/aromatic N) is 8. The first-order valence-corrected chi connectivity index (χ1v) is 8.90. The van der Waals surface area contributed by atoms with Crippen molar-refractivity contribution in [2.45, 2.75) is 52.6 Å². The predicted octanol–water partition coefficient (Wildman–Crippen LogP) is 2.17. The van der Waals surface area contributed by atoms with Gasteiger partial charge in [-0.1, -0.05) is 0 Å². The summed E-state index contributed by atoms with van der Waals surface area (Å²) in [5.41, 5.74) is -0.363. The molecule has 0 N–H and O–H groups in total. The van der Waals surface area contributed by atoms with Gasteiger partial charge in [-0.15, -0.1) is 0 Å². The molecule has 0 fully saturated rings. The molecular formula is C16H34N8Ni. The van der Waals surface area contributed by atoms with Gasteiger partial charge in [0, 0.05) is 0 Å². The van der Waals surface area contributed by atoms with E-state index in [0.29, 0.717) is 0 Å². The van der Waals surface area contributed by atoms with Crippen LogP contribution in [0.3, 0.4) is 0 Å². The van der Waals surface area contributed by atoms with Crippen LogP contribution >= 0.6 is 0 Å². The van der Waals surface area contributed by atoms with Gasteiger partial charge in [-0.25, -0.2) is 0 Å². The number of hydrazone groups is 4. The van der Waals surface area contributed by atoms with E-state index in [1.165, 1.54) is 14.9 Å². The Morgan fingerprint density at radius 3 is 1.08 bits per heavy atom. The van der Waals surface area contributed by atoms with Crippen LogP contribution in [-0.4, -0.2) is 82.3 Å². The maximum atomic E-state index is 4.52. The third-order valence-corrected chi connectivity index (χ3v) is 4.12. The molecule has 0 aromatic rings. The molecule has 0 radical (unpaired) electrons. The fourth-order valence-electron chi connectivity index (χ4n) is 1.12. The molecule has 0 aromatic carbocycles. The van der Waals surface area contributed by atoms with Crippen LogP contribution in [0.25, 0.3) is 0 Å². The molecule has 0 unspecified atom stereocenters. The molecule has 0 aliphatic heterocycles. The molecule has 0 saturated carbocycles. The van der Waals surface area contributed by atoms with Crippen LogP contribution in [-0.2, 0) is 14.9 Å². The van der Waals surface area contributed by atoms with E-state index in [1.807, 2.05) is 36.4 Å². The standard InChI is InChI=1S/2C8H17N4.Ni/c2*1-8(2,3)11-9-6-7-10-12(4)5;/h2*6-7H,1-5H3;/q2*-1;+2. The molecule has 0 atom stereocenters. The Hall–Kier alpha value is -1.63. The van der Waals surface area contributed by atoms with Crippen molar-refractivity contribution in [3.8, 4) is 0 Å². The molecule has 0 aromatic heterocycles. The zero-order chi connectivity index (χ0) is 19.7. The van der Waals surface area contributed by atoms with Crippen LogP contribution in [0.1, 0.15) is 41.5 Å². The van der Waals surface area contributed by atoms with Gasteiger partial charge in [0.25, 0.3) is 0 Å². The quantitative estimate of drug-likeness (QED) is 0.358. The summed E-state index contributed by atoms with van der Waals surface area (Å²) in [6, 6.07) is 0. The molecule has 0 rings (SSSR count). The van der Waals surface area contributed by atoms with Crippen molar-refractivity contribution in [3.05, 3.63) is 0 Å². The third kappa shape index (κ3) is 11.5. The molecule has 0 spiro atoms. The monoisotopic (exact) mass is 396 g/mol. The minimum absolute atomic E-state index is 0.181. The van der Waals surface area contributed by atoms with Gasteiger partial charge in [0.05, 0.1) is 0 Å². The maximum absolute atomic E-state index is 4.52. The Morgan fingerprint density at radius 1 is 0.560 bits per heavy atom. The van der Waals surface area contributed by atoms with Gasteiger partial charge < -0.3 is 0 Å². The van der Waals surface area contributed by atoms with Crippen LogP contribution in [0.4, 0.5) is 0 Å². The number of hydrogen-bond acceptors (Lipinski definition) is 8. The van der Waals surface area contributed by atoms with Crippen molar-refractivity contribution < 1.29 is 14.9 Å². The zero-order valence-electron chi connectivity index (χ0n) is 17.2. The van der Waals surface area contributed by atoms with E-state index >= 15 is 0 Å². The van der Waals surface area contributed by atoms with Gasteiger partial charge in [-0.2, -0.15) is 0 Å². The van der Waals surface area contributed by atoms with Crippen molar-refractivity contribution in [2.75, 3.05) is 28.2 Å². The van der Waals surface area contributed by atoms with E-state index in [-0.39, 0.29) is 11.1 Å². The normalized spacial score (nSPS) is 13.7. The van der Waals surface area contributed by atoms with Crippen molar-refractivity contribution in [1.29, 1.82) is 0 Å². The molecule has 9 heteroatoms. The summed E-state index contributed by atoms with van der Waals surface area (Å²) in [5.74, 6) is 0. The molecule has 0 saturated heterocycles. The van der Waals surface area contributed by atoms with Gasteiger partial charge in [0.15, 0.2) is 0 Å². The Kier molecular flexibility index (Phi) is 9.71. The summed E-state index contributed by atoms with van der Waals surface area (Å²) in [7, 11) is 7.47. The summed E-state index contributed by atoms with van der Waals surface area (Å²) in [6.07, 6.45) is 6.69. The van der Waals surface area contributed by atoms with Crippen LogP contribution in [0.5, 0.6) is 0 Å². The average Bonchev–Trinajstić information content (AvgIpc) is 2.41. The van der Waals surface area contributed by atoms with E-state index < -0.39 is 0 Å². The fourth-order valence-corrected chi connectivity index (χ4v) is 2.12. The average molecular weight is 397 g/mol. The molecule has 0 amide bonds. The summed E-state index contributed by atoms with van der Waals surface area (Å²) in [4.78, 5) is 0. The van der Waals surface area contributed by atoms with Crippen molar-refractivity contribution in [3.63, 3.8) is 0 Å². The summed E-state index contributed by atoms with van der Waals surface area (Å²) >= 11 is 1.22. The number of rotatable bonds is 8. The van der Waals surface area contributed by atoms with Crippen molar-refractivity contribution in [1.82, 2.24) is 18.2 Å². The van der Waals surface area contributed by atoms with Crippen LogP contribution in [0, 0.1) is 0 Å². The summed E-state index contributed by atoms with van der Waals surface area (Å²) in [6.45, 7) is 12.6. The Labute approximate surface area is 159 Å². The van der Waals surface area contributed by atoms with E-state index in [0.717, 1.165) is 0 Å². The van der Waals surface area contributed by atoms with Crippen LogP contribution < -0.4 is 0 Å². The van der Waals surface area contributed by atoms with Gasteiger partial charge in [-0.05, 0) is 0 Å². The van der Waals surface area contributed by atoms with Crippen molar-refractivity contribution in [2.24, 2.45) is 20.4 Å². The van der Waals surface area contributed by atoms with E-state index in [4.69, 9.17) is 0 Å². The molecule has 0 heterocycles. The predicted molar refractivity (Wildman–Crippen MR) is 105 cm³/mol.